The average Bonchev–Trinajstić information content (AvgIpc) is 2.80. The predicted octanol–water partition coefficient (Wildman–Crippen LogP) is 3.33. The van der Waals surface area contributed by atoms with E-state index in [2.05, 4.69) is 9.97 Å². The van der Waals surface area contributed by atoms with E-state index in [4.69, 9.17) is 0 Å². The molecule has 0 bridgehead atoms. The number of aromatic nitrogens is 2. The molecule has 94 valence electrons. The van der Waals surface area contributed by atoms with E-state index in [1.54, 1.807) is 20.2 Å². The van der Waals surface area contributed by atoms with Gasteiger partial charge in [0.05, 0.1) is 12.0 Å². The maximum absolute atomic E-state index is 12.3. The molecule has 0 aliphatic rings. The van der Waals surface area contributed by atoms with E-state index >= 15 is 0 Å². The molecule has 0 saturated carbocycles. The van der Waals surface area contributed by atoms with Gasteiger partial charge in [0.1, 0.15) is 13.3 Å². The molecule has 0 aliphatic heterocycles. The van der Waals surface area contributed by atoms with Gasteiger partial charge in [0.2, 0.25) is 0 Å². The molecule has 1 heterocycles. The summed E-state index contributed by atoms with van der Waals surface area (Å²) in [5, 5.41) is 0. The summed E-state index contributed by atoms with van der Waals surface area (Å²) in [5.41, 5.74) is 3.26. The lowest BCUT2D eigenvalue weighted by Crippen LogP contribution is -1.93. The van der Waals surface area contributed by atoms with Crippen molar-refractivity contribution in [3.63, 3.8) is 0 Å². The molecular weight excluding hydrogens is 222 g/mol. The summed E-state index contributed by atoms with van der Waals surface area (Å²) in [5.74, 6) is 0. The quantitative estimate of drug-likeness (QED) is 0.759. The van der Waals surface area contributed by atoms with Crippen molar-refractivity contribution in [3.8, 4) is 0 Å². The summed E-state index contributed by atoms with van der Waals surface area (Å²) in [6.45, 7) is 2.65. The maximum Gasteiger partial charge on any atom is 0.110 e. The fraction of sp³-hybridized carbons (Fsp3) is 0.462. The van der Waals surface area contributed by atoms with Crippen molar-refractivity contribution in [1.29, 1.82) is 0 Å². The van der Waals surface area contributed by atoms with Crippen LogP contribution in [0.3, 0.4) is 0 Å². The van der Waals surface area contributed by atoms with Gasteiger partial charge in [-0.25, -0.2) is 13.8 Å². The largest absolute Gasteiger partial charge is 0.348 e. The van der Waals surface area contributed by atoms with E-state index in [-0.39, 0.29) is 0 Å². The Labute approximate surface area is 100 Å². The number of aromatic amines is 1. The van der Waals surface area contributed by atoms with Crippen molar-refractivity contribution in [2.75, 3.05) is 13.3 Å². The van der Waals surface area contributed by atoms with Crippen LogP contribution in [-0.2, 0) is 12.8 Å². The minimum Gasteiger partial charge on any atom is -0.348 e. The van der Waals surface area contributed by atoms with Gasteiger partial charge in [0, 0.05) is 18.5 Å². The zero-order valence-electron chi connectivity index (χ0n) is 10.3. The van der Waals surface area contributed by atoms with Crippen molar-refractivity contribution in [1.82, 2.24) is 9.97 Å². The molecular formula is C13H18F2N2. The summed E-state index contributed by atoms with van der Waals surface area (Å²) in [4.78, 5) is 7.21. The van der Waals surface area contributed by atoms with Gasteiger partial charge in [-0.15, -0.1) is 0 Å². The van der Waals surface area contributed by atoms with Gasteiger partial charge < -0.3 is 4.98 Å². The fourth-order valence-electron chi connectivity index (χ4n) is 1.36. The molecule has 2 nitrogen and oxygen atoms in total. The van der Waals surface area contributed by atoms with Crippen LogP contribution in [0.15, 0.2) is 29.6 Å². The Morgan fingerprint density at radius 3 is 2.35 bits per heavy atom. The first-order chi connectivity index (χ1) is 8.17. The smallest absolute Gasteiger partial charge is 0.110 e. The third-order valence-corrected chi connectivity index (χ3v) is 2.53. The molecule has 1 N–H and O–H groups in total. The molecule has 0 atom stereocenters. The molecule has 0 aliphatic carbocycles. The first-order valence-electron chi connectivity index (χ1n) is 5.61. The summed E-state index contributed by atoms with van der Waals surface area (Å²) < 4.78 is 24.5. The molecule has 0 amide bonds. The predicted molar refractivity (Wildman–Crippen MR) is 65.5 cm³/mol. The standard InChI is InChI=1S/C13H18F2N2/c1-10(7-14)3-5-12-13(17-9-16-12)6-4-11(2)8-15/h3-4,9H,5-8H2,1-2H3,(H,16,17). The van der Waals surface area contributed by atoms with Crippen LogP contribution in [0, 0.1) is 0 Å². The molecule has 0 spiro atoms. The second kappa shape index (κ2) is 6.99. The summed E-state index contributed by atoms with van der Waals surface area (Å²) in [6.07, 6.45) is 6.51. The Hall–Kier alpha value is -1.45. The molecule has 4 heteroatoms. The number of rotatable bonds is 6. The van der Waals surface area contributed by atoms with Crippen molar-refractivity contribution in [2.45, 2.75) is 26.7 Å². The van der Waals surface area contributed by atoms with Gasteiger partial charge in [-0.05, 0) is 25.0 Å². The van der Waals surface area contributed by atoms with Crippen molar-refractivity contribution < 1.29 is 8.78 Å². The molecule has 1 rings (SSSR count). The topological polar surface area (TPSA) is 28.7 Å². The van der Waals surface area contributed by atoms with Crippen molar-refractivity contribution in [2.24, 2.45) is 0 Å². The number of imidazole rings is 1. The maximum atomic E-state index is 12.3. The number of alkyl halides is 2. The third kappa shape index (κ3) is 4.51. The molecule has 0 radical (unpaired) electrons. The van der Waals surface area contributed by atoms with Gasteiger partial charge in [0.25, 0.3) is 0 Å². The third-order valence-electron chi connectivity index (χ3n) is 2.53. The minimum atomic E-state index is -0.430. The summed E-state index contributed by atoms with van der Waals surface area (Å²) in [7, 11) is 0. The highest BCUT2D eigenvalue weighted by Crippen LogP contribution is 2.09. The number of allylic oxidation sites excluding steroid dienone is 4. The Kier molecular flexibility index (Phi) is 5.60. The van der Waals surface area contributed by atoms with Gasteiger partial charge in [-0.2, -0.15) is 0 Å². The fourth-order valence-corrected chi connectivity index (χ4v) is 1.36. The molecule has 17 heavy (non-hydrogen) atoms. The number of H-pyrrole nitrogens is 1. The van der Waals surface area contributed by atoms with Gasteiger partial charge >= 0.3 is 0 Å². The van der Waals surface area contributed by atoms with Crippen LogP contribution in [0.2, 0.25) is 0 Å². The van der Waals surface area contributed by atoms with Gasteiger partial charge in [0.15, 0.2) is 0 Å². The molecule has 1 aromatic heterocycles. The number of nitrogens with zero attached hydrogens (tertiary/aromatic N) is 1. The van der Waals surface area contributed by atoms with Gasteiger partial charge in [-0.1, -0.05) is 12.2 Å². The van der Waals surface area contributed by atoms with Crippen LogP contribution in [0.25, 0.3) is 0 Å². The molecule has 0 saturated heterocycles. The average molecular weight is 240 g/mol. The highest BCUT2D eigenvalue weighted by Gasteiger charge is 2.03. The lowest BCUT2D eigenvalue weighted by molar-refractivity contribution is 0.542. The van der Waals surface area contributed by atoms with Crippen LogP contribution in [0.5, 0.6) is 0 Å². The first-order valence-corrected chi connectivity index (χ1v) is 5.61. The molecule has 0 unspecified atom stereocenters. The zero-order valence-corrected chi connectivity index (χ0v) is 10.3. The van der Waals surface area contributed by atoms with E-state index in [1.165, 1.54) is 0 Å². The Morgan fingerprint density at radius 1 is 1.18 bits per heavy atom. The van der Waals surface area contributed by atoms with E-state index < -0.39 is 13.3 Å². The van der Waals surface area contributed by atoms with E-state index in [0.29, 0.717) is 24.0 Å². The minimum absolute atomic E-state index is 0.426. The Morgan fingerprint density at radius 2 is 1.76 bits per heavy atom. The van der Waals surface area contributed by atoms with Crippen LogP contribution >= 0.6 is 0 Å². The first kappa shape index (κ1) is 13.6. The SMILES string of the molecule is CC(=CCc1nc[nH]c1CC=C(C)CF)CF. The normalized spacial score (nSPS) is 13.2. The van der Waals surface area contributed by atoms with Crippen molar-refractivity contribution >= 4 is 0 Å². The highest BCUT2D eigenvalue weighted by molar-refractivity contribution is 5.19. The van der Waals surface area contributed by atoms with E-state index in [9.17, 15) is 8.78 Å². The Balaban J connectivity index is 2.66. The Bertz CT molecular complexity index is 369. The van der Waals surface area contributed by atoms with E-state index in [1.807, 2.05) is 12.2 Å². The van der Waals surface area contributed by atoms with E-state index in [0.717, 1.165) is 11.4 Å². The number of nitrogens with one attached hydrogen (secondary N) is 1. The lowest BCUT2D eigenvalue weighted by Gasteiger charge is -1.99. The molecule has 0 aromatic carbocycles. The number of hydrogen-bond acceptors (Lipinski definition) is 1. The van der Waals surface area contributed by atoms with Crippen LogP contribution < -0.4 is 0 Å². The molecule has 0 fully saturated rings. The van der Waals surface area contributed by atoms with Crippen LogP contribution in [0.1, 0.15) is 25.2 Å². The zero-order chi connectivity index (χ0) is 12.7. The summed E-state index contributed by atoms with van der Waals surface area (Å²) >= 11 is 0. The second-order valence-electron chi connectivity index (χ2n) is 4.10. The van der Waals surface area contributed by atoms with Gasteiger partial charge in [-0.3, -0.25) is 0 Å². The molecule has 1 aromatic rings. The number of halogens is 2. The van der Waals surface area contributed by atoms with Crippen LogP contribution in [-0.4, -0.2) is 23.3 Å². The second-order valence-corrected chi connectivity index (χ2v) is 4.10. The summed E-state index contributed by atoms with van der Waals surface area (Å²) in [6, 6.07) is 0. The lowest BCUT2D eigenvalue weighted by atomic mass is 10.1. The monoisotopic (exact) mass is 240 g/mol. The highest BCUT2D eigenvalue weighted by atomic mass is 19.1. The number of hydrogen-bond donors (Lipinski definition) is 1. The van der Waals surface area contributed by atoms with Crippen LogP contribution in [0.4, 0.5) is 8.78 Å². The van der Waals surface area contributed by atoms with Crippen molar-refractivity contribution in [3.05, 3.63) is 41.0 Å².